The number of hydrogen-bond acceptors (Lipinski definition) is 5. The van der Waals surface area contributed by atoms with E-state index in [-0.39, 0.29) is 17.9 Å². The molecular weight excluding hydrogens is 294 g/mol. The lowest BCUT2D eigenvalue weighted by Gasteiger charge is -2.12. The van der Waals surface area contributed by atoms with Gasteiger partial charge in [-0.3, -0.25) is 0 Å². The Morgan fingerprint density at radius 3 is 2.73 bits per heavy atom. The van der Waals surface area contributed by atoms with Gasteiger partial charge in [-0.1, -0.05) is 0 Å². The van der Waals surface area contributed by atoms with Crippen LogP contribution in [0.1, 0.15) is 15.9 Å². The minimum absolute atomic E-state index is 0.0350. The van der Waals surface area contributed by atoms with Crippen LogP contribution in [0, 0.1) is 11.6 Å². The molecule has 0 atom stereocenters. The number of methoxy groups -OCH3 is 2. The number of hydrogen-bond donors (Lipinski definition) is 1. The van der Waals surface area contributed by atoms with Crippen LogP contribution in [0.2, 0.25) is 0 Å². The zero-order chi connectivity index (χ0) is 16.1. The number of benzene rings is 1. The van der Waals surface area contributed by atoms with Crippen molar-refractivity contribution in [2.45, 2.75) is 6.54 Å². The van der Waals surface area contributed by atoms with Crippen molar-refractivity contribution >= 4 is 11.8 Å². The first-order chi connectivity index (χ1) is 10.6. The molecule has 0 spiro atoms. The third-order valence-electron chi connectivity index (χ3n) is 3.00. The van der Waals surface area contributed by atoms with Gasteiger partial charge in [-0.05, 0) is 24.3 Å². The van der Waals surface area contributed by atoms with Crippen molar-refractivity contribution in [2.75, 3.05) is 19.5 Å². The van der Waals surface area contributed by atoms with Crippen LogP contribution in [0.4, 0.5) is 14.6 Å². The number of ether oxygens (including phenoxy) is 2. The van der Waals surface area contributed by atoms with Crippen LogP contribution in [0.5, 0.6) is 5.75 Å². The summed E-state index contributed by atoms with van der Waals surface area (Å²) in [6.07, 6.45) is 1.41. The van der Waals surface area contributed by atoms with Gasteiger partial charge in [0.05, 0.1) is 25.3 Å². The third kappa shape index (κ3) is 3.30. The van der Waals surface area contributed by atoms with Crippen LogP contribution < -0.4 is 10.1 Å². The molecule has 0 radical (unpaired) electrons. The predicted octanol–water partition coefficient (Wildman–Crippen LogP) is 2.77. The summed E-state index contributed by atoms with van der Waals surface area (Å²) in [5.74, 6) is -1.92. The van der Waals surface area contributed by atoms with Gasteiger partial charge in [0, 0.05) is 12.7 Å². The van der Waals surface area contributed by atoms with Crippen LogP contribution in [-0.4, -0.2) is 25.2 Å². The van der Waals surface area contributed by atoms with Gasteiger partial charge < -0.3 is 14.8 Å². The summed E-state index contributed by atoms with van der Waals surface area (Å²) in [6, 6.07) is 5.28. The van der Waals surface area contributed by atoms with Gasteiger partial charge in [0.25, 0.3) is 0 Å². The number of halogens is 2. The minimum atomic E-state index is -0.990. The molecule has 116 valence electrons. The van der Waals surface area contributed by atoms with E-state index < -0.39 is 17.6 Å². The van der Waals surface area contributed by atoms with Crippen LogP contribution >= 0.6 is 0 Å². The highest BCUT2D eigenvalue weighted by atomic mass is 19.2. The lowest BCUT2D eigenvalue weighted by Crippen LogP contribution is -2.08. The molecule has 0 unspecified atom stereocenters. The number of pyridine rings is 1. The Morgan fingerprint density at radius 1 is 1.27 bits per heavy atom. The Labute approximate surface area is 125 Å². The van der Waals surface area contributed by atoms with Gasteiger partial charge in [0.15, 0.2) is 11.6 Å². The molecule has 1 N–H and O–H groups in total. The molecule has 22 heavy (non-hydrogen) atoms. The maximum absolute atomic E-state index is 13.8. The third-order valence-corrected chi connectivity index (χ3v) is 3.00. The Kier molecular flexibility index (Phi) is 4.88. The smallest absolute Gasteiger partial charge is 0.338 e. The molecule has 2 rings (SSSR count). The molecule has 0 saturated heterocycles. The number of carbonyl (C=O) groups is 1. The van der Waals surface area contributed by atoms with E-state index in [1.165, 1.54) is 38.6 Å². The molecule has 0 bridgehead atoms. The summed E-state index contributed by atoms with van der Waals surface area (Å²) in [4.78, 5) is 15.4. The second-order valence-corrected chi connectivity index (χ2v) is 4.32. The van der Waals surface area contributed by atoms with Crippen LogP contribution in [0.15, 0.2) is 30.5 Å². The molecule has 1 aromatic carbocycles. The lowest BCUT2D eigenvalue weighted by atomic mass is 10.1. The molecule has 5 nitrogen and oxygen atoms in total. The fraction of sp³-hybridized carbons (Fsp3) is 0.200. The zero-order valence-electron chi connectivity index (χ0n) is 12.0. The van der Waals surface area contributed by atoms with Crippen molar-refractivity contribution in [3.63, 3.8) is 0 Å². The predicted molar refractivity (Wildman–Crippen MR) is 75.8 cm³/mol. The Balaban J connectivity index is 2.20. The maximum Gasteiger partial charge on any atom is 0.338 e. The molecule has 0 fully saturated rings. The highest BCUT2D eigenvalue weighted by Crippen LogP contribution is 2.24. The first kappa shape index (κ1) is 15.7. The largest absolute Gasteiger partial charge is 0.496 e. The highest BCUT2D eigenvalue weighted by molar-refractivity contribution is 5.89. The first-order valence-electron chi connectivity index (χ1n) is 6.36. The van der Waals surface area contributed by atoms with Gasteiger partial charge in [-0.25, -0.2) is 18.6 Å². The lowest BCUT2D eigenvalue weighted by molar-refractivity contribution is 0.0600. The van der Waals surface area contributed by atoms with Crippen LogP contribution in [-0.2, 0) is 11.3 Å². The molecule has 1 aromatic heterocycles. The van der Waals surface area contributed by atoms with E-state index >= 15 is 0 Å². The van der Waals surface area contributed by atoms with Crippen molar-refractivity contribution in [3.8, 4) is 5.75 Å². The van der Waals surface area contributed by atoms with Crippen molar-refractivity contribution < 1.29 is 23.0 Å². The number of anilines is 1. The number of rotatable bonds is 5. The van der Waals surface area contributed by atoms with E-state index in [1.54, 1.807) is 0 Å². The highest BCUT2D eigenvalue weighted by Gasteiger charge is 2.14. The normalized spacial score (nSPS) is 10.2. The monoisotopic (exact) mass is 308 g/mol. The van der Waals surface area contributed by atoms with E-state index in [0.717, 1.165) is 6.07 Å². The minimum Gasteiger partial charge on any atom is -0.496 e. The van der Waals surface area contributed by atoms with Crippen LogP contribution in [0.3, 0.4) is 0 Å². The molecule has 7 heteroatoms. The number of esters is 1. The molecule has 1 heterocycles. The van der Waals surface area contributed by atoms with E-state index in [4.69, 9.17) is 4.74 Å². The standard InChI is InChI=1S/C15H14F2N2O3/c1-21-12-4-3-11(16)14(17)10(12)8-19-13-7-9(5-6-18-13)15(20)22-2/h3-7H,8H2,1-2H3,(H,18,19). The topological polar surface area (TPSA) is 60.5 Å². The molecule has 0 aliphatic heterocycles. The Morgan fingerprint density at radius 2 is 2.05 bits per heavy atom. The average molecular weight is 308 g/mol. The van der Waals surface area contributed by atoms with Crippen molar-refractivity contribution in [2.24, 2.45) is 0 Å². The summed E-state index contributed by atoms with van der Waals surface area (Å²) >= 11 is 0. The number of aromatic nitrogens is 1. The molecular formula is C15H14F2N2O3. The SMILES string of the molecule is COC(=O)c1ccnc(NCc2c(OC)ccc(F)c2F)c1. The van der Waals surface area contributed by atoms with Gasteiger partial charge in [0.2, 0.25) is 0 Å². The fourth-order valence-corrected chi connectivity index (χ4v) is 1.88. The Bertz CT molecular complexity index is 692. The summed E-state index contributed by atoms with van der Waals surface area (Å²) in [5, 5.41) is 2.82. The van der Waals surface area contributed by atoms with E-state index in [9.17, 15) is 13.6 Å². The van der Waals surface area contributed by atoms with E-state index in [2.05, 4.69) is 15.0 Å². The second-order valence-electron chi connectivity index (χ2n) is 4.32. The molecule has 0 amide bonds. The van der Waals surface area contributed by atoms with Gasteiger partial charge in [0.1, 0.15) is 11.6 Å². The fourth-order valence-electron chi connectivity index (χ4n) is 1.88. The quantitative estimate of drug-likeness (QED) is 0.861. The molecule has 2 aromatic rings. The summed E-state index contributed by atoms with van der Waals surface area (Å²) in [7, 11) is 2.63. The van der Waals surface area contributed by atoms with Gasteiger partial charge >= 0.3 is 5.97 Å². The van der Waals surface area contributed by atoms with Gasteiger partial charge in [-0.15, -0.1) is 0 Å². The number of nitrogens with one attached hydrogen (secondary N) is 1. The number of carbonyl (C=O) groups excluding carboxylic acids is 1. The molecule has 0 aliphatic carbocycles. The molecule has 0 aliphatic rings. The van der Waals surface area contributed by atoms with Crippen molar-refractivity contribution in [1.29, 1.82) is 0 Å². The van der Waals surface area contributed by atoms with Gasteiger partial charge in [-0.2, -0.15) is 0 Å². The van der Waals surface area contributed by atoms with E-state index in [1.807, 2.05) is 0 Å². The summed E-state index contributed by atoms with van der Waals surface area (Å²) < 4.78 is 36.7. The van der Waals surface area contributed by atoms with E-state index in [0.29, 0.717) is 11.4 Å². The molecule has 0 saturated carbocycles. The second kappa shape index (κ2) is 6.84. The average Bonchev–Trinajstić information content (AvgIpc) is 2.55. The first-order valence-corrected chi connectivity index (χ1v) is 6.36. The van der Waals surface area contributed by atoms with Crippen LogP contribution in [0.25, 0.3) is 0 Å². The summed E-state index contributed by atoms with van der Waals surface area (Å²) in [5.41, 5.74) is 0.333. The summed E-state index contributed by atoms with van der Waals surface area (Å²) in [6.45, 7) is -0.0512. The number of nitrogens with zero attached hydrogens (tertiary/aromatic N) is 1. The maximum atomic E-state index is 13.8. The zero-order valence-corrected chi connectivity index (χ0v) is 12.0. The van der Waals surface area contributed by atoms with Crippen molar-refractivity contribution in [1.82, 2.24) is 4.98 Å². The van der Waals surface area contributed by atoms with Crippen molar-refractivity contribution in [3.05, 3.63) is 53.2 Å². The Hall–Kier alpha value is -2.70.